The van der Waals surface area contributed by atoms with Crippen LogP contribution in [0.4, 0.5) is 11.4 Å². The van der Waals surface area contributed by atoms with Crippen molar-refractivity contribution in [2.45, 2.75) is 20.3 Å². The highest BCUT2D eigenvalue weighted by molar-refractivity contribution is 5.99. The number of carbonyl (C=O) groups excluding carboxylic acids is 2. The van der Waals surface area contributed by atoms with Crippen molar-refractivity contribution < 1.29 is 23.8 Å². The van der Waals surface area contributed by atoms with Crippen LogP contribution in [0.15, 0.2) is 66.7 Å². The van der Waals surface area contributed by atoms with E-state index in [2.05, 4.69) is 5.32 Å². The molecule has 0 bridgehead atoms. The maximum absolute atomic E-state index is 12.6. The summed E-state index contributed by atoms with van der Waals surface area (Å²) in [4.78, 5) is 26.8. The van der Waals surface area contributed by atoms with Crippen LogP contribution in [0.25, 0.3) is 0 Å². The highest BCUT2D eigenvalue weighted by atomic mass is 16.5. The van der Waals surface area contributed by atoms with Gasteiger partial charge in [-0.2, -0.15) is 0 Å². The van der Waals surface area contributed by atoms with E-state index in [9.17, 15) is 9.59 Å². The number of fused-ring (bicyclic) bond motifs is 1. The summed E-state index contributed by atoms with van der Waals surface area (Å²) in [5.41, 5.74) is 3.20. The lowest BCUT2D eigenvalue weighted by atomic mass is 10.1. The number of carbonyl (C=O) groups is 2. The van der Waals surface area contributed by atoms with E-state index in [1.54, 1.807) is 23.1 Å². The molecule has 1 aliphatic rings. The van der Waals surface area contributed by atoms with Gasteiger partial charge in [-0.05, 0) is 67.4 Å². The number of hydrogen-bond donors (Lipinski definition) is 1. The van der Waals surface area contributed by atoms with E-state index in [0.717, 1.165) is 22.6 Å². The normalized spacial score (nSPS) is 12.5. The number of anilines is 2. The zero-order chi connectivity index (χ0) is 23.9. The molecule has 4 rings (SSSR count). The fourth-order valence-corrected chi connectivity index (χ4v) is 3.75. The molecule has 3 aromatic carbocycles. The van der Waals surface area contributed by atoms with Crippen LogP contribution in [-0.2, 0) is 16.0 Å². The molecule has 176 valence electrons. The number of ether oxygens (including phenoxy) is 3. The first kappa shape index (κ1) is 23.2. The molecular formula is C27H28N2O5. The third-order valence-electron chi connectivity index (χ3n) is 5.36. The van der Waals surface area contributed by atoms with Crippen LogP contribution < -0.4 is 24.4 Å². The molecule has 0 radical (unpaired) electrons. The van der Waals surface area contributed by atoms with Gasteiger partial charge in [0.1, 0.15) is 23.9 Å². The summed E-state index contributed by atoms with van der Waals surface area (Å²) in [7, 11) is 0. The second-order valence-electron chi connectivity index (χ2n) is 7.98. The van der Waals surface area contributed by atoms with Gasteiger partial charge in [0.15, 0.2) is 6.61 Å². The van der Waals surface area contributed by atoms with Gasteiger partial charge in [0, 0.05) is 5.69 Å². The summed E-state index contributed by atoms with van der Waals surface area (Å²) in [5, 5.41) is 2.91. The van der Waals surface area contributed by atoms with Crippen LogP contribution in [-0.4, -0.2) is 38.2 Å². The molecule has 1 aliphatic heterocycles. The maximum atomic E-state index is 12.6. The molecule has 2 amide bonds. The standard InChI is InChI=1S/C27H28N2O5/c1-3-32-22-10-7-20(8-11-22)16-26(30)28-21-9-12-25-24(17-21)29(27(31)18-34-25)13-14-33-23-6-4-5-19(2)15-23/h4-12,15,17H,3,13-14,16,18H2,1-2H3,(H,28,30). The lowest BCUT2D eigenvalue weighted by Gasteiger charge is -2.29. The van der Waals surface area contributed by atoms with E-state index in [1.165, 1.54) is 0 Å². The quantitative estimate of drug-likeness (QED) is 0.513. The van der Waals surface area contributed by atoms with Crippen molar-refractivity contribution in [3.05, 3.63) is 77.9 Å². The molecule has 0 aliphatic carbocycles. The minimum atomic E-state index is -0.154. The first-order valence-electron chi connectivity index (χ1n) is 11.3. The van der Waals surface area contributed by atoms with E-state index in [-0.39, 0.29) is 24.8 Å². The first-order chi connectivity index (χ1) is 16.5. The molecule has 0 saturated heterocycles. The van der Waals surface area contributed by atoms with Gasteiger partial charge in [-0.1, -0.05) is 24.3 Å². The lowest BCUT2D eigenvalue weighted by Crippen LogP contribution is -2.41. The van der Waals surface area contributed by atoms with Crippen molar-refractivity contribution in [3.8, 4) is 17.2 Å². The van der Waals surface area contributed by atoms with Gasteiger partial charge in [0.25, 0.3) is 5.91 Å². The van der Waals surface area contributed by atoms with Gasteiger partial charge in [0.05, 0.1) is 25.3 Å². The number of nitrogens with one attached hydrogen (secondary N) is 1. The van der Waals surface area contributed by atoms with Crippen molar-refractivity contribution >= 4 is 23.2 Å². The summed E-state index contributed by atoms with van der Waals surface area (Å²) in [6.45, 7) is 5.20. The number of nitrogens with zero attached hydrogens (tertiary/aromatic N) is 1. The summed E-state index contributed by atoms with van der Waals surface area (Å²) in [6.07, 6.45) is 0.229. The fourth-order valence-electron chi connectivity index (χ4n) is 3.75. The Morgan fingerprint density at radius 1 is 1.03 bits per heavy atom. The number of aryl methyl sites for hydroxylation is 1. The van der Waals surface area contributed by atoms with Gasteiger partial charge in [-0.25, -0.2) is 0 Å². The smallest absolute Gasteiger partial charge is 0.265 e. The molecule has 0 aromatic heterocycles. The Bertz CT molecular complexity index is 1160. The van der Waals surface area contributed by atoms with Gasteiger partial charge in [-0.15, -0.1) is 0 Å². The van der Waals surface area contributed by atoms with Crippen LogP contribution in [0.1, 0.15) is 18.1 Å². The van der Waals surface area contributed by atoms with Crippen LogP contribution in [0.3, 0.4) is 0 Å². The molecule has 1 N–H and O–H groups in total. The molecule has 3 aromatic rings. The topological polar surface area (TPSA) is 77.1 Å². The fraction of sp³-hybridized carbons (Fsp3) is 0.259. The molecule has 1 heterocycles. The van der Waals surface area contributed by atoms with Gasteiger partial charge in [0.2, 0.25) is 5.91 Å². The van der Waals surface area contributed by atoms with Gasteiger partial charge in [-0.3, -0.25) is 9.59 Å². The molecule has 0 saturated carbocycles. The third kappa shape index (κ3) is 5.86. The zero-order valence-corrected chi connectivity index (χ0v) is 19.4. The number of amides is 2. The Labute approximate surface area is 199 Å². The Morgan fingerprint density at radius 3 is 2.62 bits per heavy atom. The lowest BCUT2D eigenvalue weighted by molar-refractivity contribution is -0.121. The number of rotatable bonds is 9. The summed E-state index contributed by atoms with van der Waals surface area (Å²) < 4.78 is 16.8. The number of hydrogen-bond acceptors (Lipinski definition) is 5. The predicted molar refractivity (Wildman–Crippen MR) is 131 cm³/mol. The summed E-state index contributed by atoms with van der Waals surface area (Å²) >= 11 is 0. The maximum Gasteiger partial charge on any atom is 0.265 e. The molecule has 0 spiro atoms. The van der Waals surface area contributed by atoms with E-state index in [1.807, 2.05) is 62.4 Å². The van der Waals surface area contributed by atoms with Gasteiger partial charge < -0.3 is 24.4 Å². The summed E-state index contributed by atoms with van der Waals surface area (Å²) in [6, 6.07) is 20.5. The largest absolute Gasteiger partial charge is 0.494 e. The molecule has 34 heavy (non-hydrogen) atoms. The molecular weight excluding hydrogens is 432 g/mol. The highest BCUT2D eigenvalue weighted by Gasteiger charge is 2.26. The average molecular weight is 461 g/mol. The molecule has 0 unspecified atom stereocenters. The second-order valence-corrected chi connectivity index (χ2v) is 7.98. The second kappa shape index (κ2) is 10.7. The van der Waals surface area contributed by atoms with Crippen LogP contribution >= 0.6 is 0 Å². The van der Waals surface area contributed by atoms with E-state index in [0.29, 0.717) is 36.9 Å². The Morgan fingerprint density at radius 2 is 1.85 bits per heavy atom. The average Bonchev–Trinajstić information content (AvgIpc) is 2.82. The van der Waals surface area contributed by atoms with E-state index in [4.69, 9.17) is 14.2 Å². The van der Waals surface area contributed by atoms with E-state index < -0.39 is 0 Å². The number of benzene rings is 3. The van der Waals surface area contributed by atoms with Crippen molar-refractivity contribution in [1.82, 2.24) is 0 Å². The third-order valence-corrected chi connectivity index (χ3v) is 5.36. The predicted octanol–water partition coefficient (Wildman–Crippen LogP) is 4.38. The van der Waals surface area contributed by atoms with Crippen LogP contribution in [0.2, 0.25) is 0 Å². The summed E-state index contributed by atoms with van der Waals surface area (Å²) in [5.74, 6) is 1.83. The molecule has 7 nitrogen and oxygen atoms in total. The minimum Gasteiger partial charge on any atom is -0.494 e. The Hall–Kier alpha value is -4.00. The molecule has 7 heteroatoms. The van der Waals surface area contributed by atoms with Crippen molar-refractivity contribution in [2.75, 3.05) is 36.6 Å². The van der Waals surface area contributed by atoms with E-state index >= 15 is 0 Å². The highest BCUT2D eigenvalue weighted by Crippen LogP contribution is 2.34. The zero-order valence-electron chi connectivity index (χ0n) is 19.4. The Kier molecular flexibility index (Phi) is 7.32. The minimum absolute atomic E-state index is 0.0269. The monoisotopic (exact) mass is 460 g/mol. The SMILES string of the molecule is CCOc1ccc(CC(=O)Nc2ccc3c(c2)N(CCOc2cccc(C)c2)C(=O)CO3)cc1. The Balaban J connectivity index is 1.40. The molecule has 0 fully saturated rings. The van der Waals surface area contributed by atoms with Crippen molar-refractivity contribution in [2.24, 2.45) is 0 Å². The van der Waals surface area contributed by atoms with Crippen molar-refractivity contribution in [3.63, 3.8) is 0 Å². The van der Waals surface area contributed by atoms with Crippen LogP contribution in [0, 0.1) is 6.92 Å². The first-order valence-corrected chi connectivity index (χ1v) is 11.3. The van der Waals surface area contributed by atoms with Crippen molar-refractivity contribution in [1.29, 1.82) is 0 Å². The van der Waals surface area contributed by atoms with Crippen LogP contribution in [0.5, 0.6) is 17.2 Å². The molecule has 0 atom stereocenters. The van der Waals surface area contributed by atoms with Gasteiger partial charge >= 0.3 is 0 Å².